The number of unbranched alkanes of at least 4 members (excludes halogenated alkanes) is 3. The first kappa shape index (κ1) is 21.0. The predicted octanol–water partition coefficient (Wildman–Crippen LogP) is 2.12. The second kappa shape index (κ2) is 12.3. The Bertz CT molecular complexity index is 361. The molecule has 24 heavy (non-hydrogen) atoms. The first-order valence-electron chi connectivity index (χ1n) is 9.50. The topological polar surface area (TPSA) is 34.1 Å². The van der Waals surface area contributed by atoms with Crippen LogP contribution in [0.3, 0.4) is 0 Å². The zero-order valence-electron chi connectivity index (χ0n) is 16.4. The van der Waals surface area contributed by atoms with Gasteiger partial charge in [0, 0.05) is 59.9 Å². The standard InChI is InChI=1S/C19H39N5/c1-6-7-8-9-10-11-23(5)19(20-3)21-16-18(2)17-24-14-12-22(4)13-15-24/h6,18H,1,7-17H2,2-5H3,(H,20,21). The summed E-state index contributed by atoms with van der Waals surface area (Å²) >= 11 is 0. The Morgan fingerprint density at radius 3 is 2.58 bits per heavy atom. The summed E-state index contributed by atoms with van der Waals surface area (Å²) in [5, 5.41) is 3.54. The van der Waals surface area contributed by atoms with Crippen LogP contribution in [-0.4, -0.2) is 87.6 Å². The van der Waals surface area contributed by atoms with E-state index in [1.54, 1.807) is 0 Å². The first-order chi connectivity index (χ1) is 11.6. The van der Waals surface area contributed by atoms with Crippen LogP contribution in [-0.2, 0) is 0 Å². The van der Waals surface area contributed by atoms with Crippen LogP contribution in [0.4, 0.5) is 0 Å². The van der Waals surface area contributed by atoms with Crippen LogP contribution in [0.15, 0.2) is 17.6 Å². The lowest BCUT2D eigenvalue weighted by atomic mass is 10.1. The number of nitrogens with one attached hydrogen (secondary N) is 1. The number of allylic oxidation sites excluding steroid dienone is 1. The molecule has 5 nitrogen and oxygen atoms in total. The number of rotatable bonds is 10. The van der Waals surface area contributed by atoms with E-state index in [1.807, 2.05) is 13.1 Å². The van der Waals surface area contributed by atoms with Gasteiger partial charge in [-0.2, -0.15) is 0 Å². The van der Waals surface area contributed by atoms with Crippen LogP contribution >= 0.6 is 0 Å². The number of aliphatic imine (C=N–C) groups is 1. The van der Waals surface area contributed by atoms with Gasteiger partial charge in [-0.15, -0.1) is 6.58 Å². The number of hydrogen-bond acceptors (Lipinski definition) is 3. The number of nitrogens with zero attached hydrogens (tertiary/aromatic N) is 4. The van der Waals surface area contributed by atoms with Crippen LogP contribution in [0.25, 0.3) is 0 Å². The number of likely N-dealkylation sites (N-methyl/N-ethyl adjacent to an activating group) is 1. The van der Waals surface area contributed by atoms with Gasteiger partial charge in [-0.3, -0.25) is 4.99 Å². The van der Waals surface area contributed by atoms with Crippen molar-refractivity contribution in [3.05, 3.63) is 12.7 Å². The molecule has 0 aromatic rings. The molecule has 1 rings (SSSR count). The summed E-state index contributed by atoms with van der Waals surface area (Å²) in [6, 6.07) is 0. The van der Waals surface area contributed by atoms with E-state index >= 15 is 0 Å². The number of guanidine groups is 1. The molecule has 1 heterocycles. The largest absolute Gasteiger partial charge is 0.356 e. The second-order valence-corrected chi connectivity index (χ2v) is 7.20. The molecule has 1 aliphatic rings. The highest BCUT2D eigenvalue weighted by molar-refractivity contribution is 5.79. The van der Waals surface area contributed by atoms with Crippen molar-refractivity contribution in [3.63, 3.8) is 0 Å². The van der Waals surface area contributed by atoms with Crippen molar-refractivity contribution in [2.45, 2.75) is 32.6 Å². The second-order valence-electron chi connectivity index (χ2n) is 7.20. The van der Waals surface area contributed by atoms with Gasteiger partial charge in [0.15, 0.2) is 5.96 Å². The summed E-state index contributed by atoms with van der Waals surface area (Å²) in [5.74, 6) is 1.65. The minimum Gasteiger partial charge on any atom is -0.356 e. The summed E-state index contributed by atoms with van der Waals surface area (Å²) in [5.41, 5.74) is 0. The maximum Gasteiger partial charge on any atom is 0.193 e. The quantitative estimate of drug-likeness (QED) is 0.287. The molecule has 1 atom stereocenters. The Balaban J connectivity index is 2.20. The number of piperazine rings is 1. The average Bonchev–Trinajstić information content (AvgIpc) is 2.57. The smallest absolute Gasteiger partial charge is 0.193 e. The fourth-order valence-corrected chi connectivity index (χ4v) is 3.11. The molecule has 0 saturated carbocycles. The normalized spacial score (nSPS) is 18.4. The van der Waals surface area contributed by atoms with Crippen LogP contribution in [0.5, 0.6) is 0 Å². The molecule has 5 heteroatoms. The maximum atomic E-state index is 4.43. The van der Waals surface area contributed by atoms with Gasteiger partial charge in [0.05, 0.1) is 0 Å². The van der Waals surface area contributed by atoms with Crippen molar-refractivity contribution in [1.29, 1.82) is 0 Å². The van der Waals surface area contributed by atoms with Gasteiger partial charge in [0.2, 0.25) is 0 Å². The Labute approximate surface area is 149 Å². The van der Waals surface area contributed by atoms with Gasteiger partial charge >= 0.3 is 0 Å². The molecule has 1 saturated heterocycles. The van der Waals surface area contributed by atoms with Crippen molar-refractivity contribution >= 4 is 5.96 Å². The first-order valence-corrected chi connectivity index (χ1v) is 9.50. The zero-order chi connectivity index (χ0) is 17.8. The lowest BCUT2D eigenvalue weighted by Gasteiger charge is -2.34. The molecule has 1 fully saturated rings. The van der Waals surface area contributed by atoms with Gasteiger partial charge < -0.3 is 20.0 Å². The summed E-state index contributed by atoms with van der Waals surface area (Å²) in [4.78, 5) is 11.7. The minimum atomic E-state index is 0.631. The molecular weight excluding hydrogens is 298 g/mol. The van der Waals surface area contributed by atoms with Crippen LogP contribution in [0.2, 0.25) is 0 Å². The van der Waals surface area contributed by atoms with Crippen molar-refractivity contribution in [1.82, 2.24) is 20.0 Å². The molecule has 0 spiro atoms. The molecule has 1 N–H and O–H groups in total. The third-order valence-electron chi connectivity index (χ3n) is 4.75. The summed E-state index contributed by atoms with van der Waals surface area (Å²) in [7, 11) is 6.22. The van der Waals surface area contributed by atoms with Crippen molar-refractivity contribution in [3.8, 4) is 0 Å². The van der Waals surface area contributed by atoms with Crippen molar-refractivity contribution in [2.75, 3.05) is 67.0 Å². The lowest BCUT2D eigenvalue weighted by molar-refractivity contribution is 0.139. The SMILES string of the molecule is C=CCCCCCN(C)C(=NC)NCC(C)CN1CCN(C)CC1. The van der Waals surface area contributed by atoms with E-state index in [1.165, 1.54) is 52.0 Å². The van der Waals surface area contributed by atoms with E-state index in [0.717, 1.165) is 25.5 Å². The van der Waals surface area contributed by atoms with E-state index < -0.39 is 0 Å². The van der Waals surface area contributed by atoms with E-state index in [9.17, 15) is 0 Å². The molecule has 0 aromatic carbocycles. The third-order valence-corrected chi connectivity index (χ3v) is 4.75. The van der Waals surface area contributed by atoms with Crippen LogP contribution in [0, 0.1) is 5.92 Å². The molecule has 0 aromatic heterocycles. The third kappa shape index (κ3) is 8.69. The van der Waals surface area contributed by atoms with Crippen LogP contribution < -0.4 is 5.32 Å². The molecule has 1 unspecified atom stereocenters. The monoisotopic (exact) mass is 337 g/mol. The van der Waals surface area contributed by atoms with Gasteiger partial charge in [-0.25, -0.2) is 0 Å². The maximum absolute atomic E-state index is 4.43. The summed E-state index contributed by atoms with van der Waals surface area (Å²) < 4.78 is 0. The molecule has 0 amide bonds. The van der Waals surface area contributed by atoms with Gasteiger partial charge in [0.1, 0.15) is 0 Å². The molecule has 1 aliphatic heterocycles. The highest BCUT2D eigenvalue weighted by atomic mass is 15.3. The Kier molecular flexibility index (Phi) is 10.8. The fraction of sp³-hybridized carbons (Fsp3) is 0.842. The molecule has 140 valence electrons. The Morgan fingerprint density at radius 1 is 1.25 bits per heavy atom. The molecule has 0 bridgehead atoms. The minimum absolute atomic E-state index is 0.631. The molecule has 0 radical (unpaired) electrons. The predicted molar refractivity (Wildman–Crippen MR) is 106 cm³/mol. The summed E-state index contributed by atoms with van der Waals surface area (Å²) in [6.07, 6.45) is 6.84. The van der Waals surface area contributed by atoms with E-state index in [4.69, 9.17) is 0 Å². The zero-order valence-corrected chi connectivity index (χ0v) is 16.4. The summed E-state index contributed by atoms with van der Waals surface area (Å²) in [6.45, 7) is 14.1. The highest BCUT2D eigenvalue weighted by Gasteiger charge is 2.16. The Morgan fingerprint density at radius 2 is 1.96 bits per heavy atom. The lowest BCUT2D eigenvalue weighted by Crippen LogP contribution is -2.47. The van der Waals surface area contributed by atoms with Crippen molar-refractivity contribution in [2.24, 2.45) is 10.9 Å². The van der Waals surface area contributed by atoms with Crippen LogP contribution in [0.1, 0.15) is 32.6 Å². The molecular formula is C19H39N5. The molecule has 0 aliphatic carbocycles. The fourth-order valence-electron chi connectivity index (χ4n) is 3.11. The average molecular weight is 338 g/mol. The van der Waals surface area contributed by atoms with Gasteiger partial charge in [0.25, 0.3) is 0 Å². The van der Waals surface area contributed by atoms with Gasteiger partial charge in [-0.1, -0.05) is 19.4 Å². The number of hydrogen-bond donors (Lipinski definition) is 1. The highest BCUT2D eigenvalue weighted by Crippen LogP contribution is 2.05. The van der Waals surface area contributed by atoms with E-state index in [-0.39, 0.29) is 0 Å². The van der Waals surface area contributed by atoms with Crippen molar-refractivity contribution < 1.29 is 0 Å². The van der Waals surface area contributed by atoms with E-state index in [2.05, 4.69) is 52.6 Å². The van der Waals surface area contributed by atoms with E-state index in [0.29, 0.717) is 5.92 Å². The Hall–Kier alpha value is -1.07. The van der Waals surface area contributed by atoms with Gasteiger partial charge in [-0.05, 0) is 32.2 Å².